The van der Waals surface area contributed by atoms with Crippen molar-refractivity contribution in [1.29, 1.82) is 0 Å². The molecule has 3 nitrogen and oxygen atoms in total. The van der Waals surface area contributed by atoms with Gasteiger partial charge in [0, 0.05) is 6.42 Å². The number of carbonyl (C=O) groups is 1. The maximum Gasteiger partial charge on any atom is 0.335 e. The lowest BCUT2D eigenvalue weighted by Crippen LogP contribution is -2.03. The number of alkyl halides is 1. The van der Waals surface area contributed by atoms with E-state index in [9.17, 15) is 9.18 Å². The first-order valence-corrected chi connectivity index (χ1v) is 3.74. The Morgan fingerprint density at radius 2 is 1.92 bits per heavy atom. The molecule has 70 valence electrons. The lowest BCUT2D eigenvalue weighted by Gasteiger charge is -2.01. The van der Waals surface area contributed by atoms with Gasteiger partial charge >= 0.3 is 5.97 Å². The first kappa shape index (κ1) is 9.67. The molecule has 1 rings (SSSR count). The molecule has 0 saturated heterocycles. The van der Waals surface area contributed by atoms with Gasteiger partial charge in [-0.15, -0.1) is 0 Å². The Hall–Kier alpha value is -1.42. The molecule has 0 bridgehead atoms. The topological polar surface area (TPSA) is 57.5 Å². The third kappa shape index (κ3) is 2.83. The Morgan fingerprint density at radius 1 is 1.38 bits per heavy atom. The van der Waals surface area contributed by atoms with Crippen molar-refractivity contribution >= 4 is 5.97 Å². The molecule has 0 aliphatic heterocycles. The highest BCUT2D eigenvalue weighted by molar-refractivity contribution is 5.87. The number of benzene rings is 1. The predicted octanol–water partition coefficient (Wildman–Crippen LogP) is 1.22. The van der Waals surface area contributed by atoms with Crippen molar-refractivity contribution in [3.63, 3.8) is 0 Å². The van der Waals surface area contributed by atoms with Gasteiger partial charge in [-0.25, -0.2) is 9.18 Å². The molecule has 0 radical (unpaired) electrons. The molecule has 0 saturated carbocycles. The minimum absolute atomic E-state index is 0.111. The number of hydrogen-bond acceptors (Lipinski definition) is 2. The molecular formula is C9H9FO3. The smallest absolute Gasteiger partial charge is 0.335 e. The SMILES string of the molecule is O=C(O)c1ccc(CC(O)F)cc1. The third-order valence-electron chi connectivity index (χ3n) is 1.61. The molecular weight excluding hydrogens is 175 g/mol. The van der Waals surface area contributed by atoms with Crippen molar-refractivity contribution < 1.29 is 19.4 Å². The lowest BCUT2D eigenvalue weighted by atomic mass is 10.1. The third-order valence-corrected chi connectivity index (χ3v) is 1.61. The van der Waals surface area contributed by atoms with E-state index in [2.05, 4.69) is 0 Å². The van der Waals surface area contributed by atoms with Crippen LogP contribution in [0.25, 0.3) is 0 Å². The van der Waals surface area contributed by atoms with Crippen molar-refractivity contribution in [3.8, 4) is 0 Å². The van der Waals surface area contributed by atoms with E-state index in [-0.39, 0.29) is 12.0 Å². The molecule has 0 amide bonds. The van der Waals surface area contributed by atoms with E-state index < -0.39 is 12.3 Å². The second kappa shape index (κ2) is 4.00. The van der Waals surface area contributed by atoms with Crippen LogP contribution in [0.2, 0.25) is 0 Å². The summed E-state index contributed by atoms with van der Waals surface area (Å²) < 4.78 is 12.1. The number of carboxylic acids is 1. The number of rotatable bonds is 3. The summed E-state index contributed by atoms with van der Waals surface area (Å²) in [6.45, 7) is 0. The van der Waals surface area contributed by atoms with Crippen molar-refractivity contribution in [2.45, 2.75) is 12.8 Å². The predicted molar refractivity (Wildman–Crippen MR) is 44.2 cm³/mol. The van der Waals surface area contributed by atoms with E-state index in [0.717, 1.165) is 0 Å². The lowest BCUT2D eigenvalue weighted by molar-refractivity contribution is 0.0430. The fourth-order valence-electron chi connectivity index (χ4n) is 0.978. The van der Waals surface area contributed by atoms with Gasteiger partial charge in [-0.2, -0.15) is 0 Å². The fraction of sp³-hybridized carbons (Fsp3) is 0.222. The van der Waals surface area contributed by atoms with Crippen LogP contribution >= 0.6 is 0 Å². The van der Waals surface area contributed by atoms with Crippen LogP contribution < -0.4 is 0 Å². The normalized spacial score (nSPS) is 12.5. The van der Waals surface area contributed by atoms with Gasteiger partial charge in [0.2, 0.25) is 0 Å². The van der Waals surface area contributed by atoms with Crippen LogP contribution in [0.1, 0.15) is 15.9 Å². The Kier molecular flexibility index (Phi) is 2.97. The standard InChI is InChI=1S/C9H9FO3/c10-8(11)5-6-1-3-7(4-2-6)9(12)13/h1-4,8,11H,5H2,(H,12,13). The summed E-state index contributed by atoms with van der Waals surface area (Å²) in [7, 11) is 0. The zero-order chi connectivity index (χ0) is 9.84. The summed E-state index contributed by atoms with van der Waals surface area (Å²) in [5, 5.41) is 16.9. The van der Waals surface area contributed by atoms with E-state index in [4.69, 9.17) is 10.2 Å². The minimum Gasteiger partial charge on any atom is -0.478 e. The highest BCUT2D eigenvalue weighted by Gasteiger charge is 2.04. The molecule has 1 aromatic rings. The summed E-state index contributed by atoms with van der Waals surface area (Å²) >= 11 is 0. The van der Waals surface area contributed by atoms with Gasteiger partial charge in [0.25, 0.3) is 0 Å². The number of carboxylic acid groups (broad SMARTS) is 1. The van der Waals surface area contributed by atoms with Crippen LogP contribution in [0.15, 0.2) is 24.3 Å². The highest BCUT2D eigenvalue weighted by Crippen LogP contribution is 2.07. The molecule has 0 fully saturated rings. The van der Waals surface area contributed by atoms with Crippen LogP contribution in [0.3, 0.4) is 0 Å². The number of aliphatic hydroxyl groups excluding tert-OH is 1. The summed E-state index contributed by atoms with van der Waals surface area (Å²) in [5.74, 6) is -1.02. The van der Waals surface area contributed by atoms with Crippen LogP contribution in [-0.4, -0.2) is 22.5 Å². The molecule has 0 aliphatic carbocycles. The zero-order valence-corrected chi connectivity index (χ0v) is 6.77. The number of aromatic carboxylic acids is 1. The summed E-state index contributed by atoms with van der Waals surface area (Å²) in [6.07, 6.45) is -2.00. The van der Waals surface area contributed by atoms with Crippen LogP contribution in [0.5, 0.6) is 0 Å². The fourth-order valence-corrected chi connectivity index (χ4v) is 0.978. The molecule has 1 atom stereocenters. The quantitative estimate of drug-likeness (QED) is 0.742. The largest absolute Gasteiger partial charge is 0.478 e. The summed E-state index contributed by atoms with van der Waals surface area (Å²) in [4.78, 5) is 10.4. The number of halogens is 1. The molecule has 2 N–H and O–H groups in total. The molecule has 0 aromatic heterocycles. The van der Waals surface area contributed by atoms with Gasteiger partial charge in [-0.1, -0.05) is 12.1 Å². The van der Waals surface area contributed by atoms with Gasteiger partial charge in [0.15, 0.2) is 6.36 Å². The van der Waals surface area contributed by atoms with E-state index in [1.165, 1.54) is 24.3 Å². The maximum atomic E-state index is 12.1. The molecule has 13 heavy (non-hydrogen) atoms. The monoisotopic (exact) mass is 184 g/mol. The second-order valence-electron chi connectivity index (χ2n) is 2.64. The van der Waals surface area contributed by atoms with Crippen molar-refractivity contribution in [1.82, 2.24) is 0 Å². The number of hydrogen-bond donors (Lipinski definition) is 2. The van der Waals surface area contributed by atoms with Gasteiger partial charge in [-0.05, 0) is 17.7 Å². The average Bonchev–Trinajstić information content (AvgIpc) is 2.04. The Balaban J connectivity index is 2.75. The molecule has 0 spiro atoms. The molecule has 1 aromatic carbocycles. The average molecular weight is 184 g/mol. The minimum atomic E-state index is -1.89. The number of aliphatic hydroxyl groups is 1. The van der Waals surface area contributed by atoms with E-state index in [1.807, 2.05) is 0 Å². The molecule has 1 unspecified atom stereocenters. The van der Waals surface area contributed by atoms with Gasteiger partial charge < -0.3 is 10.2 Å². The van der Waals surface area contributed by atoms with Crippen LogP contribution in [0.4, 0.5) is 4.39 Å². The molecule has 0 aliphatic rings. The highest BCUT2D eigenvalue weighted by atomic mass is 19.1. The molecule has 0 heterocycles. The Bertz CT molecular complexity index is 292. The van der Waals surface area contributed by atoms with E-state index in [1.54, 1.807) is 0 Å². The summed E-state index contributed by atoms with van der Waals surface area (Å²) in [6, 6.07) is 5.71. The van der Waals surface area contributed by atoms with Crippen molar-refractivity contribution in [2.24, 2.45) is 0 Å². The summed E-state index contributed by atoms with van der Waals surface area (Å²) in [5.41, 5.74) is 0.720. The van der Waals surface area contributed by atoms with E-state index in [0.29, 0.717) is 5.56 Å². The maximum absolute atomic E-state index is 12.1. The van der Waals surface area contributed by atoms with E-state index >= 15 is 0 Å². The van der Waals surface area contributed by atoms with Crippen molar-refractivity contribution in [3.05, 3.63) is 35.4 Å². The van der Waals surface area contributed by atoms with Gasteiger partial charge in [0.05, 0.1) is 5.56 Å². The van der Waals surface area contributed by atoms with Crippen molar-refractivity contribution in [2.75, 3.05) is 0 Å². The molecule has 4 heteroatoms. The first-order chi connectivity index (χ1) is 6.09. The van der Waals surface area contributed by atoms with Crippen LogP contribution in [-0.2, 0) is 6.42 Å². The van der Waals surface area contributed by atoms with Gasteiger partial charge in [0.1, 0.15) is 0 Å². The van der Waals surface area contributed by atoms with Crippen LogP contribution in [0, 0.1) is 0 Å². The second-order valence-corrected chi connectivity index (χ2v) is 2.64. The Labute approximate surface area is 74.4 Å². The van der Waals surface area contributed by atoms with Gasteiger partial charge in [-0.3, -0.25) is 0 Å². The zero-order valence-electron chi connectivity index (χ0n) is 6.77. The first-order valence-electron chi connectivity index (χ1n) is 3.74. The Morgan fingerprint density at radius 3 is 2.31 bits per heavy atom.